The van der Waals surface area contributed by atoms with Gasteiger partial charge in [-0.2, -0.15) is 0 Å². The number of rotatable bonds is 4. The molecule has 0 saturated carbocycles. The maximum absolute atomic E-state index is 4.82. The predicted molar refractivity (Wildman–Crippen MR) is 95.4 cm³/mol. The summed E-state index contributed by atoms with van der Waals surface area (Å²) in [5.74, 6) is 1.25. The lowest BCUT2D eigenvalue weighted by atomic mass is 9.94. The van der Waals surface area contributed by atoms with Gasteiger partial charge in [0, 0.05) is 50.0 Å². The molecule has 0 N–H and O–H groups in total. The van der Waals surface area contributed by atoms with E-state index in [4.69, 9.17) is 4.98 Å². The molecule has 3 aromatic rings. The molecule has 0 spiro atoms. The molecule has 6 heteroatoms. The summed E-state index contributed by atoms with van der Waals surface area (Å²) in [4.78, 5) is 20.1. The van der Waals surface area contributed by atoms with Crippen molar-refractivity contribution in [1.29, 1.82) is 0 Å². The maximum Gasteiger partial charge on any atom is 0.156 e. The summed E-state index contributed by atoms with van der Waals surface area (Å²) in [6, 6.07) is 2.22. The van der Waals surface area contributed by atoms with Gasteiger partial charge in [-0.25, -0.2) is 9.97 Å². The van der Waals surface area contributed by atoms with Gasteiger partial charge in [-0.05, 0) is 37.4 Å². The van der Waals surface area contributed by atoms with E-state index >= 15 is 0 Å². The van der Waals surface area contributed by atoms with Crippen LogP contribution in [0.25, 0.3) is 5.82 Å². The molecule has 0 aromatic carbocycles. The van der Waals surface area contributed by atoms with Crippen molar-refractivity contribution in [2.24, 2.45) is 0 Å². The van der Waals surface area contributed by atoms with E-state index in [9.17, 15) is 0 Å². The van der Waals surface area contributed by atoms with Crippen LogP contribution in [0.2, 0.25) is 0 Å². The third-order valence-corrected chi connectivity index (χ3v) is 4.67. The summed E-state index contributed by atoms with van der Waals surface area (Å²) in [5.41, 5.74) is 3.56. The predicted octanol–water partition coefficient (Wildman–Crippen LogP) is 2.75. The Kier molecular flexibility index (Phi) is 4.52. The number of hydrogen-bond donors (Lipinski definition) is 0. The normalized spacial score (nSPS) is 18.4. The summed E-state index contributed by atoms with van der Waals surface area (Å²) in [6.45, 7) is 5.17. The lowest BCUT2D eigenvalue weighted by Crippen LogP contribution is -2.34. The first-order valence-electron chi connectivity index (χ1n) is 8.71. The average Bonchev–Trinajstić information content (AvgIpc) is 3.17. The second-order valence-corrected chi connectivity index (χ2v) is 6.72. The molecule has 6 nitrogen and oxygen atoms in total. The van der Waals surface area contributed by atoms with E-state index < -0.39 is 0 Å². The Labute approximate surface area is 147 Å². The van der Waals surface area contributed by atoms with Crippen LogP contribution in [0, 0.1) is 6.92 Å². The zero-order chi connectivity index (χ0) is 17.1. The first-order chi connectivity index (χ1) is 12.3. The molecular weight excluding hydrogens is 312 g/mol. The van der Waals surface area contributed by atoms with Crippen molar-refractivity contribution in [2.45, 2.75) is 32.2 Å². The Bertz CT molecular complexity index is 829. The molecular formula is C19H22N6. The Hall–Kier alpha value is -2.60. The van der Waals surface area contributed by atoms with Gasteiger partial charge in [0.25, 0.3) is 0 Å². The van der Waals surface area contributed by atoms with Crippen LogP contribution in [0.15, 0.2) is 49.6 Å². The number of piperidine rings is 1. The van der Waals surface area contributed by atoms with E-state index in [2.05, 4.69) is 32.8 Å². The quantitative estimate of drug-likeness (QED) is 0.734. The second kappa shape index (κ2) is 7.11. The van der Waals surface area contributed by atoms with Crippen molar-refractivity contribution in [3.8, 4) is 5.82 Å². The molecule has 4 heterocycles. The van der Waals surface area contributed by atoms with E-state index in [1.54, 1.807) is 18.7 Å². The number of aryl methyl sites for hydroxylation is 1. The molecule has 25 heavy (non-hydrogen) atoms. The number of pyridine rings is 1. The van der Waals surface area contributed by atoms with Gasteiger partial charge in [0.05, 0.1) is 11.9 Å². The Balaban J connectivity index is 1.49. The molecule has 1 aliphatic rings. The summed E-state index contributed by atoms with van der Waals surface area (Å²) in [5, 5.41) is 0. The Morgan fingerprint density at radius 1 is 1.12 bits per heavy atom. The van der Waals surface area contributed by atoms with Crippen LogP contribution in [0.4, 0.5) is 0 Å². The molecule has 1 atom stereocenters. The zero-order valence-electron chi connectivity index (χ0n) is 14.4. The Morgan fingerprint density at radius 2 is 2.04 bits per heavy atom. The van der Waals surface area contributed by atoms with E-state index in [0.717, 1.165) is 37.6 Å². The minimum atomic E-state index is 0.419. The van der Waals surface area contributed by atoms with Gasteiger partial charge in [0.2, 0.25) is 0 Å². The van der Waals surface area contributed by atoms with E-state index in [0.29, 0.717) is 5.92 Å². The Morgan fingerprint density at radius 3 is 2.88 bits per heavy atom. The van der Waals surface area contributed by atoms with Crippen LogP contribution >= 0.6 is 0 Å². The smallest absolute Gasteiger partial charge is 0.156 e. The van der Waals surface area contributed by atoms with Crippen molar-refractivity contribution in [3.05, 3.63) is 66.4 Å². The number of nitrogens with zero attached hydrogens (tertiary/aromatic N) is 6. The van der Waals surface area contributed by atoms with Gasteiger partial charge in [-0.1, -0.05) is 6.07 Å². The summed E-state index contributed by atoms with van der Waals surface area (Å²) in [6.07, 6.45) is 15.3. The monoisotopic (exact) mass is 334 g/mol. The standard InChI is InChI=1S/C19H22N6/c1-15-7-16(9-21-8-15)12-24-5-2-3-17(13-24)18-10-22-11-19(23-18)25-6-4-20-14-25/h4,6-11,14,17H,2-3,5,12-13H2,1H3/t17-/m1/s1. The fourth-order valence-electron chi connectivity index (χ4n) is 3.49. The number of imidazole rings is 1. The second-order valence-electron chi connectivity index (χ2n) is 6.72. The summed E-state index contributed by atoms with van der Waals surface area (Å²) >= 11 is 0. The molecule has 1 aliphatic heterocycles. The molecule has 0 aliphatic carbocycles. The number of likely N-dealkylation sites (tertiary alicyclic amines) is 1. The van der Waals surface area contributed by atoms with Crippen molar-refractivity contribution >= 4 is 0 Å². The van der Waals surface area contributed by atoms with Crippen molar-refractivity contribution in [1.82, 2.24) is 29.4 Å². The maximum atomic E-state index is 4.82. The molecule has 1 fully saturated rings. The lowest BCUT2D eigenvalue weighted by molar-refractivity contribution is 0.198. The highest BCUT2D eigenvalue weighted by atomic mass is 15.1. The molecule has 128 valence electrons. The minimum Gasteiger partial charge on any atom is -0.298 e. The summed E-state index contributed by atoms with van der Waals surface area (Å²) in [7, 11) is 0. The molecule has 4 rings (SSSR count). The van der Waals surface area contributed by atoms with E-state index in [-0.39, 0.29) is 0 Å². The highest BCUT2D eigenvalue weighted by Gasteiger charge is 2.23. The lowest BCUT2D eigenvalue weighted by Gasteiger charge is -2.32. The average molecular weight is 334 g/mol. The molecule has 0 bridgehead atoms. The first-order valence-corrected chi connectivity index (χ1v) is 8.71. The number of hydrogen-bond acceptors (Lipinski definition) is 5. The van der Waals surface area contributed by atoms with Crippen LogP contribution < -0.4 is 0 Å². The van der Waals surface area contributed by atoms with Crippen LogP contribution in [0.5, 0.6) is 0 Å². The minimum absolute atomic E-state index is 0.419. The third kappa shape index (κ3) is 3.74. The van der Waals surface area contributed by atoms with E-state index in [1.165, 1.54) is 17.5 Å². The molecule has 1 saturated heterocycles. The largest absolute Gasteiger partial charge is 0.298 e. The fourth-order valence-corrected chi connectivity index (χ4v) is 3.49. The van der Waals surface area contributed by atoms with E-state index in [1.807, 2.05) is 29.4 Å². The van der Waals surface area contributed by atoms with Gasteiger partial charge in [0.1, 0.15) is 6.33 Å². The SMILES string of the molecule is Cc1cncc(CN2CCC[C@@H](c3cncc(-n4ccnc4)n3)C2)c1. The van der Waals surface area contributed by atoms with Crippen molar-refractivity contribution in [2.75, 3.05) is 13.1 Å². The van der Waals surface area contributed by atoms with Crippen LogP contribution in [-0.2, 0) is 6.54 Å². The molecule has 0 unspecified atom stereocenters. The van der Waals surface area contributed by atoms with Gasteiger partial charge >= 0.3 is 0 Å². The molecule has 3 aromatic heterocycles. The molecule has 0 radical (unpaired) electrons. The van der Waals surface area contributed by atoms with Gasteiger partial charge < -0.3 is 0 Å². The van der Waals surface area contributed by atoms with Crippen molar-refractivity contribution in [3.63, 3.8) is 0 Å². The van der Waals surface area contributed by atoms with Crippen LogP contribution in [0.1, 0.15) is 35.6 Å². The van der Waals surface area contributed by atoms with Gasteiger partial charge in [0.15, 0.2) is 5.82 Å². The first kappa shape index (κ1) is 15.9. The van der Waals surface area contributed by atoms with Gasteiger partial charge in [-0.3, -0.25) is 19.4 Å². The third-order valence-electron chi connectivity index (χ3n) is 4.67. The molecule has 0 amide bonds. The topological polar surface area (TPSA) is 59.7 Å². The zero-order valence-corrected chi connectivity index (χ0v) is 14.4. The van der Waals surface area contributed by atoms with Crippen LogP contribution in [0.3, 0.4) is 0 Å². The highest BCUT2D eigenvalue weighted by molar-refractivity contribution is 5.22. The van der Waals surface area contributed by atoms with Crippen molar-refractivity contribution < 1.29 is 0 Å². The highest BCUT2D eigenvalue weighted by Crippen LogP contribution is 2.26. The van der Waals surface area contributed by atoms with Gasteiger partial charge in [-0.15, -0.1) is 0 Å². The summed E-state index contributed by atoms with van der Waals surface area (Å²) < 4.78 is 1.90. The number of aromatic nitrogens is 5. The fraction of sp³-hybridized carbons (Fsp3) is 0.368. The van der Waals surface area contributed by atoms with Crippen LogP contribution in [-0.4, -0.2) is 42.5 Å².